The van der Waals surface area contributed by atoms with Crippen molar-refractivity contribution in [2.75, 3.05) is 16.2 Å². The molecule has 0 aliphatic heterocycles. The van der Waals surface area contributed by atoms with Crippen molar-refractivity contribution in [1.29, 1.82) is 0 Å². The van der Waals surface area contributed by atoms with Gasteiger partial charge in [0.1, 0.15) is 6.54 Å². The van der Waals surface area contributed by atoms with Crippen molar-refractivity contribution < 1.29 is 13.2 Å². The highest BCUT2D eigenvalue weighted by atomic mass is 32.2. The number of nitrogens with one attached hydrogen (secondary N) is 1. The molecule has 1 aromatic heterocycles. The van der Waals surface area contributed by atoms with Crippen molar-refractivity contribution >= 4 is 49.1 Å². The molecular formula is C28H24N4O3S2. The molecule has 0 fully saturated rings. The van der Waals surface area contributed by atoms with Gasteiger partial charge in [-0.3, -0.25) is 14.4 Å². The predicted octanol–water partition coefficient (Wildman–Crippen LogP) is 5.81. The number of hydrogen-bond acceptors (Lipinski definition) is 6. The topological polar surface area (TPSA) is 92.3 Å². The Morgan fingerprint density at radius 2 is 1.59 bits per heavy atom. The van der Waals surface area contributed by atoms with Gasteiger partial charge in [-0.05, 0) is 42.5 Å². The van der Waals surface area contributed by atoms with Crippen molar-refractivity contribution in [2.24, 2.45) is 0 Å². The number of anilines is 2. The number of aryl methyl sites for hydroxylation is 1. The first-order valence-corrected chi connectivity index (χ1v) is 13.8. The monoisotopic (exact) mass is 528 g/mol. The van der Waals surface area contributed by atoms with Gasteiger partial charge in [-0.2, -0.15) is 9.36 Å². The number of hydrogen-bond donors (Lipinski definition) is 1. The summed E-state index contributed by atoms with van der Waals surface area (Å²) in [5.74, 6) is -0.0175. The van der Waals surface area contributed by atoms with Crippen LogP contribution < -0.4 is 9.62 Å². The molecule has 0 unspecified atom stereocenters. The first-order chi connectivity index (χ1) is 17.8. The van der Waals surface area contributed by atoms with Crippen molar-refractivity contribution in [3.05, 3.63) is 102 Å². The maximum absolute atomic E-state index is 14.1. The molecule has 0 bridgehead atoms. The lowest BCUT2D eigenvalue weighted by molar-refractivity contribution is -0.114. The Labute approximate surface area is 219 Å². The molecule has 1 amide bonds. The minimum Gasteiger partial charge on any atom is -0.299 e. The number of sulfonamides is 1. The minimum atomic E-state index is -4.11. The standard InChI is InChI=1S/C28H24N4O3S2/c1-19-10-8-16-24(20(19)2)32(37(34,35)25-17-9-14-21-11-6-7-15-23(21)25)18-26(33)29-28-30-27(31-36-28)22-12-4-3-5-13-22/h3-17H,18H2,1-2H3,(H,29,30,31,33). The average molecular weight is 529 g/mol. The first-order valence-electron chi connectivity index (χ1n) is 11.6. The van der Waals surface area contributed by atoms with Crippen LogP contribution >= 0.6 is 11.5 Å². The number of carbonyl (C=O) groups excluding carboxylic acids is 1. The van der Waals surface area contributed by atoms with E-state index in [0.29, 0.717) is 22.0 Å². The van der Waals surface area contributed by atoms with E-state index in [9.17, 15) is 13.2 Å². The molecule has 5 rings (SSSR count). The summed E-state index contributed by atoms with van der Waals surface area (Å²) in [7, 11) is -4.11. The Hall–Kier alpha value is -4.08. The van der Waals surface area contributed by atoms with Crippen molar-refractivity contribution in [1.82, 2.24) is 9.36 Å². The Balaban J connectivity index is 1.51. The molecule has 1 N–H and O–H groups in total. The summed E-state index contributed by atoms with van der Waals surface area (Å²) in [4.78, 5) is 17.7. The van der Waals surface area contributed by atoms with E-state index in [1.54, 1.807) is 36.4 Å². The third-order valence-corrected chi connectivity index (χ3v) is 8.60. The lowest BCUT2D eigenvalue weighted by Gasteiger charge is -2.26. The summed E-state index contributed by atoms with van der Waals surface area (Å²) in [5.41, 5.74) is 2.98. The van der Waals surface area contributed by atoms with E-state index in [2.05, 4.69) is 14.7 Å². The molecule has 0 saturated carbocycles. The van der Waals surface area contributed by atoms with E-state index < -0.39 is 22.5 Å². The number of rotatable bonds is 7. The van der Waals surface area contributed by atoms with Gasteiger partial charge in [-0.25, -0.2) is 8.42 Å². The lowest BCUT2D eigenvalue weighted by Crippen LogP contribution is -2.38. The number of aromatic nitrogens is 2. The van der Waals surface area contributed by atoms with Crippen molar-refractivity contribution in [3.63, 3.8) is 0 Å². The fourth-order valence-electron chi connectivity index (χ4n) is 4.11. The number of amides is 1. The predicted molar refractivity (Wildman–Crippen MR) is 148 cm³/mol. The van der Waals surface area contributed by atoms with Gasteiger partial charge in [0.2, 0.25) is 11.0 Å². The molecule has 186 valence electrons. The highest BCUT2D eigenvalue weighted by Crippen LogP contribution is 2.32. The van der Waals surface area contributed by atoms with Gasteiger partial charge in [0, 0.05) is 22.5 Å². The summed E-state index contributed by atoms with van der Waals surface area (Å²) in [6.45, 7) is 3.34. The SMILES string of the molecule is Cc1cccc(N(CC(=O)Nc2nc(-c3ccccc3)ns2)S(=O)(=O)c2cccc3ccccc23)c1C. The van der Waals surface area contributed by atoms with Crippen molar-refractivity contribution in [3.8, 4) is 11.4 Å². The summed E-state index contributed by atoms with van der Waals surface area (Å²) < 4.78 is 33.7. The summed E-state index contributed by atoms with van der Waals surface area (Å²) in [5, 5.41) is 4.42. The maximum atomic E-state index is 14.1. The highest BCUT2D eigenvalue weighted by molar-refractivity contribution is 7.93. The lowest BCUT2D eigenvalue weighted by atomic mass is 10.1. The Morgan fingerprint density at radius 1 is 0.892 bits per heavy atom. The smallest absolute Gasteiger partial charge is 0.265 e. The van der Waals surface area contributed by atoms with Crippen LogP contribution in [0.25, 0.3) is 22.2 Å². The Kier molecular flexibility index (Phi) is 6.73. The van der Waals surface area contributed by atoms with E-state index in [0.717, 1.165) is 33.6 Å². The summed E-state index contributed by atoms with van der Waals surface area (Å²) in [6.07, 6.45) is 0. The minimum absolute atomic E-state index is 0.140. The van der Waals surface area contributed by atoms with E-state index >= 15 is 0 Å². The number of fused-ring (bicyclic) bond motifs is 1. The van der Waals surface area contributed by atoms with Crippen LogP contribution in [0, 0.1) is 13.8 Å². The van der Waals surface area contributed by atoms with Crippen LogP contribution in [0.5, 0.6) is 0 Å². The maximum Gasteiger partial charge on any atom is 0.265 e. The third-order valence-electron chi connectivity index (χ3n) is 6.15. The third kappa shape index (κ3) is 4.96. The quantitative estimate of drug-likeness (QED) is 0.288. The second-order valence-electron chi connectivity index (χ2n) is 8.55. The highest BCUT2D eigenvalue weighted by Gasteiger charge is 2.30. The molecule has 0 radical (unpaired) electrons. The average Bonchev–Trinajstić information content (AvgIpc) is 3.37. The molecule has 0 saturated heterocycles. The van der Waals surface area contributed by atoms with Crippen LogP contribution in [0.15, 0.2) is 95.9 Å². The first kappa shape index (κ1) is 24.6. The number of carbonyl (C=O) groups is 1. The summed E-state index contributed by atoms with van der Waals surface area (Å²) >= 11 is 1.05. The van der Waals surface area contributed by atoms with Crippen molar-refractivity contribution in [2.45, 2.75) is 18.7 Å². The molecule has 0 aliphatic carbocycles. The molecule has 0 spiro atoms. The van der Waals surface area contributed by atoms with Gasteiger partial charge >= 0.3 is 0 Å². The fraction of sp³-hybridized carbons (Fsp3) is 0.107. The second-order valence-corrected chi connectivity index (χ2v) is 11.1. The van der Waals surface area contributed by atoms with E-state index in [4.69, 9.17) is 0 Å². The zero-order valence-electron chi connectivity index (χ0n) is 20.3. The van der Waals surface area contributed by atoms with E-state index in [1.807, 2.05) is 68.4 Å². The van der Waals surface area contributed by atoms with Crippen LogP contribution in [0.2, 0.25) is 0 Å². The van der Waals surface area contributed by atoms with Crippen LogP contribution in [-0.2, 0) is 14.8 Å². The molecular weight excluding hydrogens is 504 g/mol. The molecule has 1 heterocycles. The number of benzene rings is 4. The molecule has 9 heteroatoms. The Bertz CT molecular complexity index is 1690. The second kappa shape index (κ2) is 10.1. The van der Waals surface area contributed by atoms with E-state index in [1.165, 1.54) is 4.31 Å². The van der Waals surface area contributed by atoms with Crippen LogP contribution in [-0.4, -0.2) is 30.2 Å². The molecule has 0 aliphatic rings. The van der Waals surface area contributed by atoms with Crippen LogP contribution in [0.4, 0.5) is 10.8 Å². The van der Waals surface area contributed by atoms with Crippen LogP contribution in [0.1, 0.15) is 11.1 Å². The summed E-state index contributed by atoms with van der Waals surface area (Å²) in [6, 6.07) is 27.3. The van der Waals surface area contributed by atoms with E-state index in [-0.39, 0.29) is 4.90 Å². The largest absolute Gasteiger partial charge is 0.299 e. The zero-order chi connectivity index (χ0) is 26.0. The van der Waals surface area contributed by atoms with Gasteiger partial charge in [-0.1, -0.05) is 78.9 Å². The van der Waals surface area contributed by atoms with Gasteiger partial charge < -0.3 is 0 Å². The molecule has 0 atom stereocenters. The van der Waals surface area contributed by atoms with Crippen LogP contribution in [0.3, 0.4) is 0 Å². The zero-order valence-corrected chi connectivity index (χ0v) is 21.9. The van der Waals surface area contributed by atoms with Gasteiger partial charge in [0.05, 0.1) is 10.6 Å². The van der Waals surface area contributed by atoms with Gasteiger partial charge in [-0.15, -0.1) is 0 Å². The number of nitrogens with zero attached hydrogens (tertiary/aromatic N) is 3. The molecule has 7 nitrogen and oxygen atoms in total. The molecule has 5 aromatic rings. The van der Waals surface area contributed by atoms with Gasteiger partial charge in [0.15, 0.2) is 5.82 Å². The normalized spacial score (nSPS) is 11.4. The molecule has 4 aromatic carbocycles. The molecule has 37 heavy (non-hydrogen) atoms. The fourth-order valence-corrected chi connectivity index (χ4v) is 6.41. The Morgan fingerprint density at radius 3 is 2.41 bits per heavy atom. The van der Waals surface area contributed by atoms with Gasteiger partial charge in [0.25, 0.3) is 10.0 Å².